The molecule has 1 aromatic carbocycles. The van der Waals surface area contributed by atoms with Crippen molar-refractivity contribution in [1.82, 2.24) is 0 Å². The van der Waals surface area contributed by atoms with E-state index in [4.69, 9.17) is 11.5 Å². The molecule has 0 saturated carbocycles. The number of anilines is 1. The Labute approximate surface area is 108 Å². The Bertz CT molecular complexity index is 670. The number of nitro benzene ring substituents is 1. The van der Waals surface area contributed by atoms with Gasteiger partial charge in [0, 0.05) is 23.9 Å². The number of benzene rings is 1. The predicted octanol–water partition coefficient (Wildman–Crippen LogP) is 0.553. The maximum absolute atomic E-state index is 11.1. The number of pyridine rings is 1. The number of carbonyl (C=O) groups excluding carboxylic acids is 1. The zero-order chi connectivity index (χ0) is 14.0. The van der Waals surface area contributed by atoms with E-state index in [1.165, 1.54) is 29.0 Å². The van der Waals surface area contributed by atoms with E-state index >= 15 is 0 Å². The van der Waals surface area contributed by atoms with Crippen LogP contribution in [0.25, 0.3) is 5.69 Å². The highest BCUT2D eigenvalue weighted by Gasteiger charge is 2.23. The highest BCUT2D eigenvalue weighted by Crippen LogP contribution is 2.21. The predicted molar refractivity (Wildman–Crippen MR) is 67.6 cm³/mol. The SMILES string of the molecule is NC(=O)c1ccc[n+](-c2ccc(N)cc2[N+](=O)[O-])c1. The highest BCUT2D eigenvalue weighted by molar-refractivity contribution is 5.92. The van der Waals surface area contributed by atoms with Crippen LogP contribution in [0.1, 0.15) is 10.4 Å². The van der Waals surface area contributed by atoms with Crippen molar-refractivity contribution in [3.8, 4) is 5.69 Å². The molecule has 0 saturated heterocycles. The van der Waals surface area contributed by atoms with Crippen LogP contribution in [0.15, 0.2) is 42.7 Å². The van der Waals surface area contributed by atoms with Crippen molar-refractivity contribution < 1.29 is 14.3 Å². The molecule has 2 rings (SSSR count). The Morgan fingerprint density at radius 3 is 2.68 bits per heavy atom. The molecular weight excluding hydrogens is 248 g/mol. The van der Waals surface area contributed by atoms with Crippen LogP contribution in [0.2, 0.25) is 0 Å². The standard InChI is InChI=1S/C12H10N4O3/c13-9-3-4-10(11(6-9)16(18)19)15-5-1-2-8(7-15)12(14)17/h1-7H,13H2,(H-,14,17)/p+1. The van der Waals surface area contributed by atoms with Gasteiger partial charge >= 0.3 is 5.69 Å². The Kier molecular flexibility index (Phi) is 3.11. The molecule has 19 heavy (non-hydrogen) atoms. The van der Waals surface area contributed by atoms with Crippen LogP contribution in [0, 0.1) is 10.1 Å². The Morgan fingerprint density at radius 1 is 1.32 bits per heavy atom. The number of nitrogens with two attached hydrogens (primary N) is 2. The number of nitro groups is 1. The second kappa shape index (κ2) is 4.73. The summed E-state index contributed by atoms with van der Waals surface area (Å²) in [4.78, 5) is 21.6. The summed E-state index contributed by atoms with van der Waals surface area (Å²) in [5.41, 5.74) is 11.4. The third-order valence-corrected chi connectivity index (χ3v) is 2.56. The van der Waals surface area contributed by atoms with E-state index in [-0.39, 0.29) is 11.3 Å². The van der Waals surface area contributed by atoms with Crippen molar-refractivity contribution in [1.29, 1.82) is 0 Å². The average Bonchev–Trinajstić information content (AvgIpc) is 2.38. The van der Waals surface area contributed by atoms with Crippen molar-refractivity contribution in [2.45, 2.75) is 0 Å². The monoisotopic (exact) mass is 259 g/mol. The van der Waals surface area contributed by atoms with Crippen LogP contribution in [-0.4, -0.2) is 10.8 Å². The van der Waals surface area contributed by atoms with Gasteiger partial charge in [-0.25, -0.2) is 0 Å². The minimum atomic E-state index is -0.604. The zero-order valence-electron chi connectivity index (χ0n) is 9.82. The zero-order valence-corrected chi connectivity index (χ0v) is 9.82. The van der Waals surface area contributed by atoms with Gasteiger partial charge in [0.1, 0.15) is 5.56 Å². The molecule has 2 aromatic rings. The third-order valence-electron chi connectivity index (χ3n) is 2.56. The lowest BCUT2D eigenvalue weighted by atomic mass is 10.2. The van der Waals surface area contributed by atoms with Gasteiger partial charge in [0.05, 0.1) is 4.92 Å². The number of aromatic nitrogens is 1. The molecule has 7 heteroatoms. The summed E-state index contributed by atoms with van der Waals surface area (Å²) < 4.78 is 1.46. The summed E-state index contributed by atoms with van der Waals surface area (Å²) in [6.07, 6.45) is 3.02. The number of carbonyl (C=O) groups is 1. The van der Waals surface area contributed by atoms with Crippen LogP contribution in [-0.2, 0) is 0 Å². The number of primary amides is 1. The van der Waals surface area contributed by atoms with Crippen molar-refractivity contribution in [2.75, 3.05) is 5.73 Å². The minimum Gasteiger partial charge on any atom is -0.399 e. The lowest BCUT2D eigenvalue weighted by Crippen LogP contribution is -2.32. The summed E-state index contributed by atoms with van der Waals surface area (Å²) in [5.74, 6) is -0.604. The fourth-order valence-corrected chi connectivity index (χ4v) is 1.68. The van der Waals surface area contributed by atoms with Gasteiger partial charge in [0.2, 0.25) is 0 Å². The first-order valence-electron chi connectivity index (χ1n) is 5.34. The van der Waals surface area contributed by atoms with Gasteiger partial charge in [-0.05, 0) is 12.1 Å². The molecular formula is C12H11N4O3+. The number of rotatable bonds is 3. The van der Waals surface area contributed by atoms with Crippen LogP contribution < -0.4 is 16.0 Å². The van der Waals surface area contributed by atoms with E-state index in [2.05, 4.69) is 0 Å². The second-order valence-electron chi connectivity index (χ2n) is 3.87. The fourth-order valence-electron chi connectivity index (χ4n) is 1.68. The summed E-state index contributed by atoms with van der Waals surface area (Å²) in [6, 6.07) is 7.44. The van der Waals surface area contributed by atoms with Crippen LogP contribution in [0.5, 0.6) is 0 Å². The first kappa shape index (κ1) is 12.5. The van der Waals surface area contributed by atoms with Gasteiger partial charge in [-0.1, -0.05) is 0 Å². The average molecular weight is 259 g/mol. The molecule has 0 bridgehead atoms. The largest absolute Gasteiger partial charge is 0.399 e. The van der Waals surface area contributed by atoms with Gasteiger partial charge in [-0.2, -0.15) is 4.57 Å². The third kappa shape index (κ3) is 2.49. The molecule has 1 heterocycles. The van der Waals surface area contributed by atoms with Crippen molar-refractivity contribution in [3.05, 3.63) is 58.4 Å². The Hall–Kier alpha value is -2.96. The molecule has 7 nitrogen and oxygen atoms in total. The molecule has 0 radical (unpaired) electrons. The van der Waals surface area contributed by atoms with Gasteiger partial charge in [-0.3, -0.25) is 14.9 Å². The normalized spacial score (nSPS) is 10.1. The molecule has 4 N–H and O–H groups in total. The first-order valence-corrected chi connectivity index (χ1v) is 5.34. The molecule has 1 amide bonds. The molecule has 96 valence electrons. The van der Waals surface area contributed by atoms with Gasteiger partial charge < -0.3 is 11.5 Å². The fraction of sp³-hybridized carbons (Fsp3) is 0. The van der Waals surface area contributed by atoms with E-state index in [1.807, 2.05) is 0 Å². The van der Waals surface area contributed by atoms with Crippen LogP contribution in [0.4, 0.5) is 11.4 Å². The lowest BCUT2D eigenvalue weighted by molar-refractivity contribution is -0.601. The quantitative estimate of drug-likeness (QED) is 0.362. The van der Waals surface area contributed by atoms with Gasteiger partial charge in [-0.15, -0.1) is 0 Å². The first-order chi connectivity index (χ1) is 8.99. The minimum absolute atomic E-state index is 0.147. The summed E-state index contributed by atoms with van der Waals surface area (Å²) in [6.45, 7) is 0. The molecule has 0 aliphatic heterocycles. The molecule has 0 atom stereocenters. The highest BCUT2D eigenvalue weighted by atomic mass is 16.6. The van der Waals surface area contributed by atoms with Crippen LogP contribution in [0.3, 0.4) is 0 Å². The smallest absolute Gasteiger partial charge is 0.342 e. The van der Waals surface area contributed by atoms with Crippen LogP contribution >= 0.6 is 0 Å². The topological polar surface area (TPSA) is 116 Å². The number of hydrogen-bond acceptors (Lipinski definition) is 4. The maximum atomic E-state index is 11.1. The Morgan fingerprint density at radius 2 is 2.05 bits per heavy atom. The van der Waals surface area contributed by atoms with Crippen molar-refractivity contribution in [3.63, 3.8) is 0 Å². The molecule has 1 aromatic heterocycles. The second-order valence-corrected chi connectivity index (χ2v) is 3.87. The molecule has 0 aliphatic rings. The van der Waals surface area contributed by atoms with E-state index in [9.17, 15) is 14.9 Å². The summed E-state index contributed by atoms with van der Waals surface area (Å²) in [5, 5.41) is 11.0. The lowest BCUT2D eigenvalue weighted by Gasteiger charge is -2.00. The van der Waals surface area contributed by atoms with Gasteiger partial charge in [0.15, 0.2) is 12.4 Å². The van der Waals surface area contributed by atoms with E-state index in [0.717, 1.165) is 0 Å². The molecule has 0 fully saturated rings. The number of nitrogens with zero attached hydrogens (tertiary/aromatic N) is 2. The summed E-state index contributed by atoms with van der Waals surface area (Å²) in [7, 11) is 0. The van der Waals surface area contributed by atoms with E-state index < -0.39 is 10.8 Å². The maximum Gasteiger partial charge on any atom is 0.342 e. The van der Waals surface area contributed by atoms with Gasteiger partial charge in [0.25, 0.3) is 11.6 Å². The number of hydrogen-bond donors (Lipinski definition) is 2. The number of nitrogen functional groups attached to an aromatic ring is 1. The Balaban J connectivity index is 2.61. The van der Waals surface area contributed by atoms with E-state index in [1.54, 1.807) is 18.3 Å². The number of amides is 1. The molecule has 0 aliphatic carbocycles. The molecule has 0 unspecified atom stereocenters. The summed E-state index contributed by atoms with van der Waals surface area (Å²) >= 11 is 0. The van der Waals surface area contributed by atoms with Crippen molar-refractivity contribution in [2.24, 2.45) is 5.73 Å². The van der Waals surface area contributed by atoms with Crippen molar-refractivity contribution >= 4 is 17.3 Å². The molecule has 0 spiro atoms. The van der Waals surface area contributed by atoms with E-state index in [0.29, 0.717) is 11.4 Å².